The summed E-state index contributed by atoms with van der Waals surface area (Å²) in [6.07, 6.45) is -0.590. The Hall–Kier alpha value is -1.28. The number of ether oxygens (including phenoxy) is 2. The number of fused-ring (bicyclic) bond motifs is 1. The van der Waals surface area contributed by atoms with Gasteiger partial charge < -0.3 is 19.7 Å². The molecule has 0 radical (unpaired) electrons. The minimum Gasteiger partial charge on any atom is -0.348 e. The number of anilines is 1. The van der Waals surface area contributed by atoms with Crippen LogP contribution in [0.1, 0.15) is 0 Å². The largest absolute Gasteiger partial charge is 0.348 e. The lowest BCUT2D eigenvalue weighted by molar-refractivity contribution is -0.122. The fourth-order valence-electron chi connectivity index (χ4n) is 2.58. The number of hydrogen-bond donors (Lipinski definition) is 1. The summed E-state index contributed by atoms with van der Waals surface area (Å²) in [7, 11) is 1.40. The van der Waals surface area contributed by atoms with Crippen LogP contribution in [0.5, 0.6) is 0 Å². The van der Waals surface area contributed by atoms with Crippen molar-refractivity contribution in [3.8, 4) is 0 Å². The molecular formula is C13H13ClF2N2O3. The fraction of sp³-hybridized carbons (Fsp3) is 0.462. The summed E-state index contributed by atoms with van der Waals surface area (Å²) in [6.45, 7) is 0.628. The van der Waals surface area contributed by atoms with E-state index in [1.54, 1.807) is 0 Å². The predicted octanol–water partition coefficient (Wildman–Crippen LogP) is 1.29. The van der Waals surface area contributed by atoms with Gasteiger partial charge in [0.2, 0.25) is 5.91 Å². The van der Waals surface area contributed by atoms with Gasteiger partial charge in [-0.05, 0) is 6.07 Å². The maximum atomic E-state index is 13.8. The lowest BCUT2D eigenvalue weighted by atomic mass is 10.1. The number of amides is 1. The van der Waals surface area contributed by atoms with Crippen molar-refractivity contribution < 1.29 is 23.0 Å². The van der Waals surface area contributed by atoms with Crippen molar-refractivity contribution >= 4 is 23.2 Å². The van der Waals surface area contributed by atoms with Crippen LogP contribution in [0.3, 0.4) is 0 Å². The molecule has 1 N–H and O–H groups in total. The van der Waals surface area contributed by atoms with Gasteiger partial charge in [-0.15, -0.1) is 0 Å². The third kappa shape index (κ3) is 2.50. The average molecular weight is 319 g/mol. The molecule has 21 heavy (non-hydrogen) atoms. The summed E-state index contributed by atoms with van der Waals surface area (Å²) in [5.74, 6) is -2.12. The molecule has 2 saturated heterocycles. The molecule has 2 heterocycles. The average Bonchev–Trinajstić information content (AvgIpc) is 3.04. The molecule has 1 aromatic carbocycles. The normalized spacial score (nSPS) is 27.7. The molecule has 3 unspecified atom stereocenters. The van der Waals surface area contributed by atoms with Crippen LogP contribution in [-0.4, -0.2) is 44.5 Å². The molecule has 2 aliphatic rings. The zero-order valence-corrected chi connectivity index (χ0v) is 11.9. The third-order valence-corrected chi connectivity index (χ3v) is 4.01. The third-order valence-electron chi connectivity index (χ3n) is 3.72. The first kappa shape index (κ1) is 14.6. The monoisotopic (exact) mass is 318 g/mol. The first-order chi connectivity index (χ1) is 9.99. The highest BCUT2D eigenvalue weighted by Crippen LogP contribution is 2.28. The van der Waals surface area contributed by atoms with E-state index in [1.807, 2.05) is 0 Å². The number of likely N-dealkylation sites (N-methyl/N-ethyl adjacent to an activating group) is 1. The Bertz CT molecular complexity index is 587. The number of hydrogen-bond acceptors (Lipinski definition) is 4. The van der Waals surface area contributed by atoms with Gasteiger partial charge in [0.1, 0.15) is 36.7 Å². The van der Waals surface area contributed by atoms with Gasteiger partial charge in [-0.25, -0.2) is 8.78 Å². The number of nitrogens with zero attached hydrogens (tertiary/aromatic N) is 1. The molecule has 0 spiro atoms. The predicted molar refractivity (Wildman–Crippen MR) is 71.2 cm³/mol. The van der Waals surface area contributed by atoms with Crippen LogP contribution < -0.4 is 10.2 Å². The van der Waals surface area contributed by atoms with Crippen LogP contribution in [-0.2, 0) is 14.3 Å². The maximum Gasteiger partial charge on any atom is 0.246 e. The first-order valence-corrected chi connectivity index (χ1v) is 6.75. The van der Waals surface area contributed by atoms with Crippen molar-refractivity contribution in [1.29, 1.82) is 0 Å². The van der Waals surface area contributed by atoms with Crippen LogP contribution in [0.2, 0.25) is 5.02 Å². The molecule has 8 heteroatoms. The molecule has 5 nitrogen and oxygen atoms in total. The number of carbonyl (C=O) groups excluding carboxylic acids is 1. The summed E-state index contributed by atoms with van der Waals surface area (Å²) in [5.41, 5.74) is -0.0874. The van der Waals surface area contributed by atoms with Crippen molar-refractivity contribution in [1.82, 2.24) is 5.32 Å². The molecule has 0 saturated carbocycles. The molecule has 0 bridgehead atoms. The molecule has 1 amide bonds. The van der Waals surface area contributed by atoms with Gasteiger partial charge in [0.25, 0.3) is 0 Å². The number of halogens is 3. The smallest absolute Gasteiger partial charge is 0.246 e. The van der Waals surface area contributed by atoms with Gasteiger partial charge in [0.05, 0.1) is 10.7 Å². The van der Waals surface area contributed by atoms with Crippen molar-refractivity contribution in [3.05, 3.63) is 28.8 Å². The number of rotatable bonds is 2. The van der Waals surface area contributed by atoms with Crippen molar-refractivity contribution in [3.63, 3.8) is 0 Å². The molecule has 2 fully saturated rings. The highest BCUT2D eigenvalue weighted by molar-refractivity contribution is 6.31. The lowest BCUT2D eigenvalue weighted by Gasteiger charge is -2.24. The van der Waals surface area contributed by atoms with Crippen molar-refractivity contribution in [2.75, 3.05) is 25.3 Å². The summed E-state index contributed by atoms with van der Waals surface area (Å²) in [6, 6.07) is 1.11. The molecule has 2 aliphatic heterocycles. The van der Waals surface area contributed by atoms with Gasteiger partial charge in [0.15, 0.2) is 0 Å². The molecule has 0 aliphatic carbocycles. The van der Waals surface area contributed by atoms with E-state index in [9.17, 15) is 13.6 Å². The number of benzene rings is 1. The second-order valence-electron chi connectivity index (χ2n) is 4.96. The van der Waals surface area contributed by atoms with E-state index in [4.69, 9.17) is 21.1 Å². The molecule has 114 valence electrons. The van der Waals surface area contributed by atoms with Gasteiger partial charge >= 0.3 is 0 Å². The summed E-state index contributed by atoms with van der Waals surface area (Å²) >= 11 is 5.64. The van der Waals surface area contributed by atoms with Crippen LogP contribution in [0.25, 0.3) is 0 Å². The lowest BCUT2D eigenvalue weighted by Crippen LogP contribution is -2.48. The van der Waals surface area contributed by atoms with E-state index >= 15 is 0 Å². The molecule has 3 rings (SSSR count). The summed E-state index contributed by atoms with van der Waals surface area (Å²) in [5, 5.41) is 2.74. The van der Waals surface area contributed by atoms with Gasteiger partial charge in [0, 0.05) is 19.7 Å². The van der Waals surface area contributed by atoms with E-state index in [1.165, 1.54) is 7.05 Å². The Balaban J connectivity index is 1.83. The van der Waals surface area contributed by atoms with Gasteiger partial charge in [-0.2, -0.15) is 0 Å². The Morgan fingerprint density at radius 3 is 2.90 bits per heavy atom. The second-order valence-corrected chi connectivity index (χ2v) is 5.36. The Labute approximate surface area is 124 Å². The molecule has 1 aromatic rings. The van der Waals surface area contributed by atoms with E-state index < -0.39 is 29.7 Å². The topological polar surface area (TPSA) is 50.8 Å². The minimum atomic E-state index is -0.870. The van der Waals surface area contributed by atoms with E-state index in [-0.39, 0.29) is 23.6 Å². The van der Waals surface area contributed by atoms with E-state index in [0.29, 0.717) is 12.6 Å². The summed E-state index contributed by atoms with van der Waals surface area (Å²) in [4.78, 5) is 13.6. The Morgan fingerprint density at radius 2 is 2.14 bits per heavy atom. The highest BCUT2D eigenvalue weighted by Gasteiger charge is 2.46. The molecular weight excluding hydrogens is 306 g/mol. The number of nitrogens with one attached hydrogen (secondary N) is 1. The van der Waals surface area contributed by atoms with Gasteiger partial charge in [-0.3, -0.25) is 4.79 Å². The van der Waals surface area contributed by atoms with Crippen LogP contribution in [0, 0.1) is 11.6 Å². The van der Waals surface area contributed by atoms with Crippen LogP contribution in [0.4, 0.5) is 14.5 Å². The first-order valence-electron chi connectivity index (χ1n) is 6.37. The fourth-order valence-corrected chi connectivity index (χ4v) is 2.73. The zero-order valence-electron chi connectivity index (χ0n) is 11.1. The zero-order chi connectivity index (χ0) is 15.1. The maximum absolute atomic E-state index is 13.8. The standard InChI is InChI=1S/C13H13ClF2N2O3/c1-18(9-2-6(14)7(15)3-8(9)16)13(19)11-12-10(4-17-11)20-5-21-12/h2-3,10-12,17H,4-5H2,1H3. The second kappa shape index (κ2) is 5.49. The molecule has 0 aromatic heterocycles. The van der Waals surface area contributed by atoms with Crippen LogP contribution in [0.15, 0.2) is 12.1 Å². The van der Waals surface area contributed by atoms with E-state index in [2.05, 4.69) is 5.32 Å². The van der Waals surface area contributed by atoms with Gasteiger partial charge in [-0.1, -0.05) is 11.6 Å². The number of carbonyl (C=O) groups is 1. The van der Waals surface area contributed by atoms with Crippen molar-refractivity contribution in [2.24, 2.45) is 0 Å². The van der Waals surface area contributed by atoms with E-state index in [0.717, 1.165) is 11.0 Å². The minimum absolute atomic E-state index is 0.0874. The van der Waals surface area contributed by atoms with Crippen molar-refractivity contribution in [2.45, 2.75) is 18.2 Å². The Morgan fingerprint density at radius 1 is 1.38 bits per heavy atom. The highest BCUT2D eigenvalue weighted by atomic mass is 35.5. The van der Waals surface area contributed by atoms with Crippen LogP contribution >= 0.6 is 11.6 Å². The Kier molecular flexibility index (Phi) is 3.83. The molecule has 3 atom stereocenters. The summed E-state index contributed by atoms with van der Waals surface area (Å²) < 4.78 is 37.7. The quantitative estimate of drug-likeness (QED) is 0.835. The SMILES string of the molecule is CN(C(=O)C1NCC2OCOC21)c1cc(Cl)c(F)cc1F.